The van der Waals surface area contributed by atoms with Crippen LogP contribution in [-0.2, 0) is 7.05 Å². The predicted molar refractivity (Wildman–Crippen MR) is 67.6 cm³/mol. The Morgan fingerprint density at radius 3 is 2.76 bits per heavy atom. The average Bonchev–Trinajstić information content (AvgIpc) is 2.80. The van der Waals surface area contributed by atoms with E-state index in [1.165, 1.54) is 16.8 Å². The maximum Gasteiger partial charge on any atom is 0.212 e. The number of nitrogens with zero attached hydrogens (tertiary/aromatic N) is 1. The standard InChI is InChI=1S/C15H14NO/c1-11-13(14-5-3-4-9-16(14)2)7-6-12-8-10-17-15(11)12/h3-10H,1-2H3/q+1. The van der Waals surface area contributed by atoms with Crippen LogP contribution in [0.1, 0.15) is 5.56 Å². The number of pyridine rings is 1. The van der Waals surface area contributed by atoms with Crippen LogP contribution in [0.15, 0.2) is 53.3 Å². The molecular weight excluding hydrogens is 210 g/mol. The second-order valence-corrected chi connectivity index (χ2v) is 4.27. The Kier molecular flexibility index (Phi) is 2.22. The highest BCUT2D eigenvalue weighted by atomic mass is 16.3. The van der Waals surface area contributed by atoms with Gasteiger partial charge in [0.1, 0.15) is 12.6 Å². The summed E-state index contributed by atoms with van der Waals surface area (Å²) in [6.45, 7) is 2.11. The minimum absolute atomic E-state index is 0.978. The molecule has 0 amide bonds. The number of hydrogen-bond donors (Lipinski definition) is 0. The first kappa shape index (κ1) is 10.1. The third-order valence-corrected chi connectivity index (χ3v) is 3.20. The van der Waals surface area contributed by atoms with Gasteiger partial charge in [-0.25, -0.2) is 4.57 Å². The second-order valence-electron chi connectivity index (χ2n) is 4.27. The fourth-order valence-electron chi connectivity index (χ4n) is 2.26. The van der Waals surface area contributed by atoms with Crippen molar-refractivity contribution in [3.63, 3.8) is 0 Å². The van der Waals surface area contributed by atoms with Crippen molar-refractivity contribution in [3.8, 4) is 11.3 Å². The lowest BCUT2D eigenvalue weighted by atomic mass is 10.0. The molecule has 0 radical (unpaired) electrons. The molecule has 0 spiro atoms. The highest BCUT2D eigenvalue weighted by Crippen LogP contribution is 2.28. The van der Waals surface area contributed by atoms with E-state index in [1.54, 1.807) is 6.26 Å². The number of furan rings is 1. The molecule has 2 heterocycles. The molecule has 0 aliphatic rings. The van der Waals surface area contributed by atoms with Gasteiger partial charge in [0.15, 0.2) is 6.20 Å². The van der Waals surface area contributed by atoms with Gasteiger partial charge >= 0.3 is 0 Å². The molecule has 84 valence electrons. The van der Waals surface area contributed by atoms with Crippen molar-refractivity contribution in [1.82, 2.24) is 0 Å². The molecule has 17 heavy (non-hydrogen) atoms. The van der Waals surface area contributed by atoms with Crippen molar-refractivity contribution in [2.24, 2.45) is 7.05 Å². The fraction of sp³-hybridized carbons (Fsp3) is 0.133. The molecule has 0 fully saturated rings. The quantitative estimate of drug-likeness (QED) is 0.580. The van der Waals surface area contributed by atoms with Gasteiger partial charge in [0.2, 0.25) is 5.69 Å². The maximum absolute atomic E-state index is 5.54. The summed E-state index contributed by atoms with van der Waals surface area (Å²) in [5.41, 5.74) is 4.58. The van der Waals surface area contributed by atoms with E-state index in [0.717, 1.165) is 11.0 Å². The first-order chi connectivity index (χ1) is 8.27. The molecule has 0 aliphatic heterocycles. The van der Waals surface area contributed by atoms with Gasteiger partial charge in [-0.05, 0) is 25.1 Å². The van der Waals surface area contributed by atoms with E-state index in [2.05, 4.69) is 49.0 Å². The van der Waals surface area contributed by atoms with Crippen LogP contribution >= 0.6 is 0 Å². The molecule has 0 bridgehead atoms. The SMILES string of the molecule is Cc1c(-c2cccc[n+]2C)ccc2ccoc12. The summed E-state index contributed by atoms with van der Waals surface area (Å²) in [6, 6.07) is 12.5. The number of hydrogen-bond acceptors (Lipinski definition) is 1. The smallest absolute Gasteiger partial charge is 0.212 e. The second kappa shape index (κ2) is 3.74. The van der Waals surface area contributed by atoms with Gasteiger partial charge in [0, 0.05) is 23.1 Å². The van der Waals surface area contributed by atoms with Crippen molar-refractivity contribution < 1.29 is 8.98 Å². The number of fused-ring (bicyclic) bond motifs is 1. The zero-order valence-electron chi connectivity index (χ0n) is 9.97. The summed E-state index contributed by atoms with van der Waals surface area (Å²) in [5.74, 6) is 0. The van der Waals surface area contributed by atoms with Crippen molar-refractivity contribution in [2.45, 2.75) is 6.92 Å². The molecule has 0 atom stereocenters. The monoisotopic (exact) mass is 224 g/mol. The van der Waals surface area contributed by atoms with Gasteiger partial charge in [-0.2, -0.15) is 0 Å². The van der Waals surface area contributed by atoms with Gasteiger partial charge in [0.25, 0.3) is 0 Å². The topological polar surface area (TPSA) is 17.0 Å². The lowest BCUT2D eigenvalue weighted by Gasteiger charge is -2.04. The molecule has 3 rings (SSSR count). The molecule has 0 unspecified atom stereocenters. The summed E-state index contributed by atoms with van der Waals surface area (Å²) in [5, 5.41) is 1.16. The lowest BCUT2D eigenvalue weighted by Crippen LogP contribution is -2.30. The van der Waals surface area contributed by atoms with E-state index in [-0.39, 0.29) is 0 Å². The third-order valence-electron chi connectivity index (χ3n) is 3.20. The van der Waals surface area contributed by atoms with E-state index >= 15 is 0 Å². The molecule has 0 saturated carbocycles. The molecule has 3 aromatic rings. The van der Waals surface area contributed by atoms with E-state index < -0.39 is 0 Å². The largest absolute Gasteiger partial charge is 0.464 e. The van der Waals surface area contributed by atoms with Crippen molar-refractivity contribution >= 4 is 11.0 Å². The maximum atomic E-state index is 5.54. The van der Waals surface area contributed by atoms with Crippen LogP contribution in [0.2, 0.25) is 0 Å². The van der Waals surface area contributed by atoms with Crippen LogP contribution in [0, 0.1) is 6.92 Å². The molecule has 0 aliphatic carbocycles. The summed E-state index contributed by atoms with van der Waals surface area (Å²) in [7, 11) is 2.06. The van der Waals surface area contributed by atoms with E-state index in [4.69, 9.17) is 4.42 Å². The van der Waals surface area contributed by atoms with Crippen molar-refractivity contribution in [1.29, 1.82) is 0 Å². The molecular formula is C15H14NO+. The Morgan fingerprint density at radius 2 is 1.94 bits per heavy atom. The molecule has 2 aromatic heterocycles. The summed E-state index contributed by atoms with van der Waals surface area (Å²) in [4.78, 5) is 0. The van der Waals surface area contributed by atoms with E-state index in [9.17, 15) is 0 Å². The highest BCUT2D eigenvalue weighted by Gasteiger charge is 2.14. The van der Waals surface area contributed by atoms with Crippen molar-refractivity contribution in [2.75, 3.05) is 0 Å². The average molecular weight is 224 g/mol. The molecule has 2 heteroatoms. The Morgan fingerprint density at radius 1 is 1.06 bits per heavy atom. The number of benzene rings is 1. The van der Waals surface area contributed by atoms with Gasteiger partial charge in [-0.15, -0.1) is 0 Å². The molecule has 0 N–H and O–H groups in total. The Hall–Kier alpha value is -2.09. The van der Waals surface area contributed by atoms with Gasteiger partial charge in [-0.1, -0.05) is 6.07 Å². The van der Waals surface area contributed by atoms with E-state index in [0.29, 0.717) is 0 Å². The zero-order chi connectivity index (χ0) is 11.8. The number of aromatic nitrogens is 1. The van der Waals surface area contributed by atoms with Crippen LogP contribution in [0.5, 0.6) is 0 Å². The number of rotatable bonds is 1. The van der Waals surface area contributed by atoms with Crippen LogP contribution in [0.4, 0.5) is 0 Å². The Balaban J connectivity index is 2.31. The Bertz CT molecular complexity index is 682. The molecule has 2 nitrogen and oxygen atoms in total. The van der Waals surface area contributed by atoms with Gasteiger partial charge < -0.3 is 4.42 Å². The van der Waals surface area contributed by atoms with Crippen LogP contribution in [-0.4, -0.2) is 0 Å². The third kappa shape index (κ3) is 1.53. The van der Waals surface area contributed by atoms with Gasteiger partial charge in [0.05, 0.1) is 11.8 Å². The summed E-state index contributed by atoms with van der Waals surface area (Å²) in [6.07, 6.45) is 3.80. The fourth-order valence-corrected chi connectivity index (χ4v) is 2.26. The van der Waals surface area contributed by atoms with Gasteiger partial charge in [-0.3, -0.25) is 0 Å². The van der Waals surface area contributed by atoms with Crippen LogP contribution in [0.25, 0.3) is 22.2 Å². The molecule has 1 aromatic carbocycles. The normalized spacial score (nSPS) is 10.9. The lowest BCUT2D eigenvalue weighted by molar-refractivity contribution is -0.660. The van der Waals surface area contributed by atoms with Crippen molar-refractivity contribution in [3.05, 3.63) is 54.4 Å². The minimum atomic E-state index is 0.978. The summed E-state index contributed by atoms with van der Waals surface area (Å²) < 4.78 is 7.66. The Labute approximate surface area is 100 Å². The van der Waals surface area contributed by atoms with Crippen LogP contribution in [0.3, 0.4) is 0 Å². The van der Waals surface area contributed by atoms with Crippen LogP contribution < -0.4 is 4.57 Å². The first-order valence-corrected chi connectivity index (χ1v) is 5.69. The predicted octanol–water partition coefficient (Wildman–Crippen LogP) is 3.23. The van der Waals surface area contributed by atoms with E-state index in [1.807, 2.05) is 12.1 Å². The molecule has 0 saturated heterocycles. The number of aryl methyl sites for hydroxylation is 2. The first-order valence-electron chi connectivity index (χ1n) is 5.69. The highest BCUT2D eigenvalue weighted by molar-refractivity contribution is 5.86. The minimum Gasteiger partial charge on any atom is -0.464 e. The summed E-state index contributed by atoms with van der Waals surface area (Å²) >= 11 is 0. The zero-order valence-corrected chi connectivity index (χ0v) is 9.97.